The van der Waals surface area contributed by atoms with Crippen molar-refractivity contribution in [3.05, 3.63) is 11.4 Å². The molecule has 5 nitrogen and oxygen atoms in total. The van der Waals surface area contributed by atoms with Crippen LogP contribution in [-0.2, 0) is 4.74 Å². The minimum absolute atomic E-state index is 0.280. The average molecular weight is 276 g/mol. The number of hydrogen-bond donors (Lipinski definition) is 2. The first-order chi connectivity index (χ1) is 9.69. The normalized spacial score (nSPS) is 23.6. The average Bonchev–Trinajstić information content (AvgIpc) is 3.15. The van der Waals surface area contributed by atoms with Gasteiger partial charge >= 0.3 is 0 Å². The highest BCUT2D eigenvalue weighted by Crippen LogP contribution is 2.39. The van der Waals surface area contributed by atoms with Crippen molar-refractivity contribution >= 4 is 11.6 Å². The van der Waals surface area contributed by atoms with E-state index >= 15 is 0 Å². The molecule has 20 heavy (non-hydrogen) atoms. The molecule has 3 rings (SSSR count). The van der Waals surface area contributed by atoms with Gasteiger partial charge in [-0.3, -0.25) is 0 Å². The number of nitrogens with zero attached hydrogens (tertiary/aromatic N) is 2. The van der Waals surface area contributed by atoms with Gasteiger partial charge in [-0.05, 0) is 39.5 Å². The van der Waals surface area contributed by atoms with Gasteiger partial charge in [0.2, 0.25) is 0 Å². The quantitative estimate of drug-likeness (QED) is 0.866. The predicted molar refractivity (Wildman–Crippen MR) is 80.3 cm³/mol. The molecule has 0 bridgehead atoms. The smallest absolute Gasteiger partial charge is 0.136 e. The fraction of sp³-hybridized carbons (Fsp3) is 0.733. The zero-order valence-corrected chi connectivity index (χ0v) is 12.6. The third kappa shape index (κ3) is 2.73. The maximum Gasteiger partial charge on any atom is 0.136 e. The summed E-state index contributed by atoms with van der Waals surface area (Å²) in [6.07, 6.45) is 5.02. The molecule has 2 aliphatic rings. The Hall–Kier alpha value is -1.36. The summed E-state index contributed by atoms with van der Waals surface area (Å²) >= 11 is 0. The summed E-state index contributed by atoms with van der Waals surface area (Å²) in [5.41, 5.74) is 1.08. The van der Waals surface area contributed by atoms with Crippen molar-refractivity contribution in [1.29, 1.82) is 0 Å². The zero-order chi connectivity index (χ0) is 14.1. The van der Waals surface area contributed by atoms with Crippen LogP contribution in [0.4, 0.5) is 11.6 Å². The maximum atomic E-state index is 5.75. The second kappa shape index (κ2) is 5.56. The van der Waals surface area contributed by atoms with Crippen molar-refractivity contribution in [3.63, 3.8) is 0 Å². The van der Waals surface area contributed by atoms with Crippen LogP contribution in [0.2, 0.25) is 0 Å². The van der Waals surface area contributed by atoms with E-state index in [0.29, 0.717) is 12.0 Å². The Bertz CT molecular complexity index is 481. The zero-order valence-electron chi connectivity index (χ0n) is 12.6. The summed E-state index contributed by atoms with van der Waals surface area (Å²) < 4.78 is 5.75. The number of nitrogens with one attached hydrogen (secondary N) is 2. The molecular weight excluding hydrogens is 252 g/mol. The van der Waals surface area contributed by atoms with Crippen LogP contribution in [0.15, 0.2) is 0 Å². The molecule has 5 heteroatoms. The summed E-state index contributed by atoms with van der Waals surface area (Å²) in [4.78, 5) is 9.36. The molecule has 0 amide bonds. The summed E-state index contributed by atoms with van der Waals surface area (Å²) in [6, 6.07) is 0.280. The molecule has 2 atom stereocenters. The van der Waals surface area contributed by atoms with E-state index in [1.54, 1.807) is 0 Å². The molecule has 0 spiro atoms. The van der Waals surface area contributed by atoms with E-state index in [2.05, 4.69) is 29.5 Å². The van der Waals surface area contributed by atoms with E-state index in [4.69, 9.17) is 9.72 Å². The lowest BCUT2D eigenvalue weighted by atomic mass is 10.1. The van der Waals surface area contributed by atoms with Crippen molar-refractivity contribution in [2.45, 2.75) is 57.6 Å². The topological polar surface area (TPSA) is 59.1 Å². The highest BCUT2D eigenvalue weighted by atomic mass is 16.5. The van der Waals surface area contributed by atoms with Gasteiger partial charge in [0, 0.05) is 25.1 Å². The van der Waals surface area contributed by atoms with Crippen LogP contribution >= 0.6 is 0 Å². The van der Waals surface area contributed by atoms with Gasteiger partial charge in [0.25, 0.3) is 0 Å². The van der Waals surface area contributed by atoms with E-state index in [-0.39, 0.29) is 6.04 Å². The monoisotopic (exact) mass is 276 g/mol. The first-order valence-corrected chi connectivity index (χ1v) is 7.63. The van der Waals surface area contributed by atoms with Crippen molar-refractivity contribution in [2.75, 3.05) is 24.3 Å². The molecule has 1 aromatic rings. The Kier molecular flexibility index (Phi) is 3.78. The number of anilines is 2. The van der Waals surface area contributed by atoms with E-state index < -0.39 is 0 Å². The Morgan fingerprint density at radius 2 is 1.95 bits per heavy atom. The Labute approximate surface area is 120 Å². The minimum atomic E-state index is 0.280. The summed E-state index contributed by atoms with van der Waals surface area (Å²) in [7, 11) is 1.92. The fourth-order valence-electron chi connectivity index (χ4n) is 2.75. The Balaban J connectivity index is 1.81. The van der Waals surface area contributed by atoms with Crippen molar-refractivity contribution in [3.8, 4) is 0 Å². The number of hydrogen-bond acceptors (Lipinski definition) is 5. The van der Waals surface area contributed by atoms with Crippen LogP contribution in [0.5, 0.6) is 0 Å². The molecule has 110 valence electrons. The lowest BCUT2D eigenvalue weighted by molar-refractivity contribution is 0.0995. The van der Waals surface area contributed by atoms with Crippen LogP contribution in [0.1, 0.15) is 49.9 Å². The molecule has 2 heterocycles. The van der Waals surface area contributed by atoms with E-state index in [1.165, 1.54) is 12.8 Å². The standard InChI is InChI=1S/C15H24N4O/c1-9-13(16-3)18-15(11-6-7-11)19-14(9)17-10(2)12-5-4-8-20-12/h10-12H,4-8H2,1-3H3,(H2,16,17,18,19). The van der Waals surface area contributed by atoms with Gasteiger partial charge in [-0.15, -0.1) is 0 Å². The molecule has 2 unspecified atom stereocenters. The maximum absolute atomic E-state index is 5.75. The SMILES string of the molecule is CNc1nc(C2CC2)nc(NC(C)C2CCCO2)c1C. The molecule has 2 fully saturated rings. The van der Waals surface area contributed by atoms with Gasteiger partial charge in [0.1, 0.15) is 17.5 Å². The van der Waals surface area contributed by atoms with Gasteiger partial charge in [0.15, 0.2) is 0 Å². The third-order valence-corrected chi connectivity index (χ3v) is 4.23. The molecular formula is C15H24N4O. The number of ether oxygens (including phenoxy) is 1. The first-order valence-electron chi connectivity index (χ1n) is 7.63. The molecule has 1 aliphatic heterocycles. The minimum Gasteiger partial charge on any atom is -0.376 e. The van der Waals surface area contributed by atoms with Gasteiger partial charge < -0.3 is 15.4 Å². The highest BCUT2D eigenvalue weighted by Gasteiger charge is 2.29. The van der Waals surface area contributed by atoms with Crippen molar-refractivity contribution < 1.29 is 4.74 Å². The van der Waals surface area contributed by atoms with Gasteiger partial charge in [-0.1, -0.05) is 0 Å². The second-order valence-corrected chi connectivity index (χ2v) is 5.91. The molecule has 0 radical (unpaired) electrons. The van der Waals surface area contributed by atoms with E-state index in [9.17, 15) is 0 Å². The third-order valence-electron chi connectivity index (χ3n) is 4.23. The number of aromatic nitrogens is 2. The molecule has 0 aromatic carbocycles. The first kappa shape index (κ1) is 13.6. The Morgan fingerprint density at radius 3 is 2.55 bits per heavy atom. The largest absolute Gasteiger partial charge is 0.376 e. The molecule has 2 N–H and O–H groups in total. The lowest BCUT2D eigenvalue weighted by Gasteiger charge is -2.22. The highest BCUT2D eigenvalue weighted by molar-refractivity contribution is 5.57. The molecule has 1 aliphatic carbocycles. The molecule has 1 saturated heterocycles. The van der Waals surface area contributed by atoms with Crippen molar-refractivity contribution in [1.82, 2.24) is 9.97 Å². The summed E-state index contributed by atoms with van der Waals surface area (Å²) in [5.74, 6) is 3.42. The molecule has 1 saturated carbocycles. The van der Waals surface area contributed by atoms with Gasteiger partial charge in [0.05, 0.1) is 12.1 Å². The van der Waals surface area contributed by atoms with Gasteiger partial charge in [-0.2, -0.15) is 0 Å². The predicted octanol–water partition coefficient (Wildman–Crippen LogP) is 2.68. The van der Waals surface area contributed by atoms with Gasteiger partial charge in [-0.25, -0.2) is 9.97 Å². The number of rotatable bonds is 5. The van der Waals surface area contributed by atoms with E-state index in [1.807, 2.05) is 7.05 Å². The Morgan fingerprint density at radius 1 is 1.20 bits per heavy atom. The molecule has 1 aromatic heterocycles. The van der Waals surface area contributed by atoms with Crippen LogP contribution in [0.3, 0.4) is 0 Å². The summed E-state index contributed by atoms with van der Waals surface area (Å²) in [6.45, 7) is 5.12. The fourth-order valence-corrected chi connectivity index (χ4v) is 2.75. The van der Waals surface area contributed by atoms with Crippen LogP contribution < -0.4 is 10.6 Å². The van der Waals surface area contributed by atoms with E-state index in [0.717, 1.165) is 42.5 Å². The summed E-state index contributed by atoms with van der Waals surface area (Å²) in [5, 5.41) is 6.71. The lowest BCUT2D eigenvalue weighted by Crippen LogP contribution is -2.31. The second-order valence-electron chi connectivity index (χ2n) is 5.91. The van der Waals surface area contributed by atoms with Crippen LogP contribution in [0, 0.1) is 6.92 Å². The van der Waals surface area contributed by atoms with Crippen molar-refractivity contribution in [2.24, 2.45) is 0 Å². The van der Waals surface area contributed by atoms with Crippen LogP contribution in [0.25, 0.3) is 0 Å². The van der Waals surface area contributed by atoms with Crippen LogP contribution in [-0.4, -0.2) is 35.8 Å².